The van der Waals surface area contributed by atoms with E-state index in [0.717, 1.165) is 24.0 Å². The molecule has 1 atom stereocenters. The van der Waals surface area contributed by atoms with Gasteiger partial charge in [0.25, 0.3) is 0 Å². The molecule has 146 valence electrons. The zero-order chi connectivity index (χ0) is 20.1. The quantitative estimate of drug-likeness (QED) is 0.322. The fourth-order valence-corrected chi connectivity index (χ4v) is 3.65. The van der Waals surface area contributed by atoms with E-state index in [1.807, 2.05) is 36.4 Å². The molecule has 0 saturated carbocycles. The van der Waals surface area contributed by atoms with Crippen LogP contribution in [0.4, 0.5) is 0 Å². The topological polar surface area (TPSA) is 90.7 Å². The summed E-state index contributed by atoms with van der Waals surface area (Å²) in [5.74, 6) is 0.140. The molecule has 3 rings (SSSR count). The summed E-state index contributed by atoms with van der Waals surface area (Å²) in [5, 5.41) is 0.587. The third kappa shape index (κ3) is 5.06. The summed E-state index contributed by atoms with van der Waals surface area (Å²) in [7, 11) is 0. The lowest BCUT2D eigenvalue weighted by molar-refractivity contribution is -0.130. The molecule has 0 aliphatic heterocycles. The van der Waals surface area contributed by atoms with Gasteiger partial charge < -0.3 is 16.2 Å². The smallest absolute Gasteiger partial charge is 0.339 e. The highest BCUT2D eigenvalue weighted by Gasteiger charge is 2.22. The Morgan fingerprint density at radius 1 is 1.11 bits per heavy atom. The molecule has 0 radical (unpaired) electrons. The standard InChI is InChI=1S/C21H21Cl2N3O2/c22-17-10-16(14-4-2-1-3-5-14)11-18(23)19(17)28-20(27)15-8-6-13(7-9-15)12-26-21(24)25/h1-5,8,10-11,13H,6-7,9,12H2,(H4,24,25,26). The number of carbonyl (C=O) groups excluding carboxylic acids is 1. The first-order valence-electron chi connectivity index (χ1n) is 8.95. The summed E-state index contributed by atoms with van der Waals surface area (Å²) >= 11 is 12.7. The number of ether oxygens (including phenoxy) is 1. The maximum Gasteiger partial charge on any atom is 0.339 e. The average molecular weight is 418 g/mol. The molecule has 1 unspecified atom stereocenters. The fraction of sp³-hybridized carbons (Fsp3) is 0.238. The van der Waals surface area contributed by atoms with Gasteiger partial charge in [0, 0.05) is 12.1 Å². The van der Waals surface area contributed by atoms with Gasteiger partial charge in [0.15, 0.2) is 11.7 Å². The van der Waals surface area contributed by atoms with Crippen molar-refractivity contribution in [2.45, 2.75) is 19.3 Å². The van der Waals surface area contributed by atoms with Crippen molar-refractivity contribution < 1.29 is 9.53 Å². The lowest BCUT2D eigenvalue weighted by atomic mass is 9.90. The Bertz CT molecular complexity index is 899. The van der Waals surface area contributed by atoms with Crippen molar-refractivity contribution in [3.8, 4) is 16.9 Å². The molecule has 4 N–H and O–H groups in total. The van der Waals surface area contributed by atoms with Crippen molar-refractivity contribution in [3.05, 3.63) is 64.2 Å². The second-order valence-electron chi connectivity index (χ2n) is 6.66. The minimum absolute atomic E-state index is 0.0809. The van der Waals surface area contributed by atoms with Gasteiger partial charge in [0.05, 0.1) is 10.0 Å². The number of hydrogen-bond acceptors (Lipinski definition) is 3. The van der Waals surface area contributed by atoms with E-state index in [4.69, 9.17) is 39.4 Å². The van der Waals surface area contributed by atoms with Crippen LogP contribution < -0.4 is 16.2 Å². The van der Waals surface area contributed by atoms with Gasteiger partial charge in [-0.3, -0.25) is 4.99 Å². The largest absolute Gasteiger partial charge is 0.420 e. The van der Waals surface area contributed by atoms with Gasteiger partial charge in [-0.05, 0) is 48.4 Å². The number of esters is 1. The zero-order valence-electron chi connectivity index (χ0n) is 15.2. The molecule has 0 aromatic heterocycles. The van der Waals surface area contributed by atoms with Crippen molar-refractivity contribution in [1.82, 2.24) is 0 Å². The van der Waals surface area contributed by atoms with Crippen LogP contribution in [0.3, 0.4) is 0 Å². The number of allylic oxidation sites excluding steroid dienone is 1. The van der Waals surface area contributed by atoms with Crippen molar-refractivity contribution in [3.63, 3.8) is 0 Å². The SMILES string of the molecule is NC(N)=NCC1CC=C(C(=O)Oc2c(Cl)cc(-c3ccccc3)cc2Cl)CC1. The van der Waals surface area contributed by atoms with Crippen LogP contribution in [0.1, 0.15) is 19.3 Å². The highest BCUT2D eigenvalue weighted by Crippen LogP contribution is 2.38. The predicted octanol–water partition coefficient (Wildman–Crippen LogP) is 4.57. The first-order valence-corrected chi connectivity index (χ1v) is 9.70. The number of nitrogens with two attached hydrogens (primary N) is 2. The van der Waals surface area contributed by atoms with E-state index in [9.17, 15) is 4.79 Å². The fourth-order valence-electron chi connectivity index (χ4n) is 3.09. The Kier molecular flexibility index (Phi) is 6.60. The maximum atomic E-state index is 12.5. The van der Waals surface area contributed by atoms with Gasteiger partial charge in [0.1, 0.15) is 0 Å². The van der Waals surface area contributed by atoms with Gasteiger partial charge in [-0.1, -0.05) is 59.6 Å². The normalized spacial score (nSPS) is 16.2. The molecule has 0 amide bonds. The number of carbonyl (C=O) groups is 1. The number of hydrogen-bond donors (Lipinski definition) is 2. The Labute approximate surface area is 174 Å². The van der Waals surface area contributed by atoms with Crippen LogP contribution in [-0.2, 0) is 4.79 Å². The molecule has 5 nitrogen and oxygen atoms in total. The van der Waals surface area contributed by atoms with E-state index in [1.165, 1.54) is 0 Å². The first-order chi connectivity index (χ1) is 13.4. The maximum absolute atomic E-state index is 12.5. The number of guanidine groups is 1. The Morgan fingerprint density at radius 2 is 1.79 bits per heavy atom. The summed E-state index contributed by atoms with van der Waals surface area (Å²) in [6, 6.07) is 13.2. The van der Waals surface area contributed by atoms with E-state index in [-0.39, 0.29) is 11.7 Å². The number of halogens is 2. The molecule has 1 aliphatic carbocycles. The van der Waals surface area contributed by atoms with Gasteiger partial charge in [0.2, 0.25) is 0 Å². The molecule has 2 aromatic rings. The minimum Gasteiger partial charge on any atom is -0.420 e. The van der Waals surface area contributed by atoms with Crippen molar-refractivity contribution in [1.29, 1.82) is 0 Å². The molecule has 28 heavy (non-hydrogen) atoms. The minimum atomic E-state index is -0.434. The van der Waals surface area contributed by atoms with E-state index < -0.39 is 5.97 Å². The van der Waals surface area contributed by atoms with Gasteiger partial charge in [-0.25, -0.2) is 4.79 Å². The van der Waals surface area contributed by atoms with Gasteiger partial charge in [-0.2, -0.15) is 0 Å². The van der Waals surface area contributed by atoms with Crippen LogP contribution in [0.25, 0.3) is 11.1 Å². The van der Waals surface area contributed by atoms with Crippen molar-refractivity contribution in [2.75, 3.05) is 6.54 Å². The summed E-state index contributed by atoms with van der Waals surface area (Å²) < 4.78 is 5.50. The molecule has 0 fully saturated rings. The molecular formula is C21H21Cl2N3O2. The molecule has 2 aromatic carbocycles. The lowest BCUT2D eigenvalue weighted by Gasteiger charge is -2.20. The molecule has 7 heteroatoms. The van der Waals surface area contributed by atoms with Crippen LogP contribution in [-0.4, -0.2) is 18.5 Å². The number of rotatable bonds is 5. The Balaban J connectivity index is 1.70. The van der Waals surface area contributed by atoms with E-state index in [1.54, 1.807) is 12.1 Å². The highest BCUT2D eigenvalue weighted by molar-refractivity contribution is 6.37. The monoisotopic (exact) mass is 417 g/mol. The van der Waals surface area contributed by atoms with Crippen LogP contribution in [0.5, 0.6) is 5.75 Å². The van der Waals surface area contributed by atoms with Crippen molar-refractivity contribution in [2.24, 2.45) is 22.4 Å². The molecule has 0 bridgehead atoms. The third-order valence-electron chi connectivity index (χ3n) is 4.61. The highest BCUT2D eigenvalue weighted by atomic mass is 35.5. The van der Waals surface area contributed by atoms with E-state index >= 15 is 0 Å². The second-order valence-corrected chi connectivity index (χ2v) is 7.47. The molecule has 0 saturated heterocycles. The molecule has 0 spiro atoms. The molecular weight excluding hydrogens is 397 g/mol. The van der Waals surface area contributed by atoms with Crippen molar-refractivity contribution >= 4 is 35.1 Å². The van der Waals surface area contributed by atoms with E-state index in [0.29, 0.717) is 34.5 Å². The van der Waals surface area contributed by atoms with Gasteiger partial charge in [-0.15, -0.1) is 0 Å². The van der Waals surface area contributed by atoms with Gasteiger partial charge >= 0.3 is 5.97 Å². The summed E-state index contributed by atoms with van der Waals surface area (Å²) in [6.45, 7) is 0.555. The summed E-state index contributed by atoms with van der Waals surface area (Å²) in [5.41, 5.74) is 13.2. The Morgan fingerprint density at radius 3 is 2.36 bits per heavy atom. The average Bonchev–Trinajstić information content (AvgIpc) is 2.70. The van der Waals surface area contributed by atoms with E-state index in [2.05, 4.69) is 4.99 Å². The number of benzene rings is 2. The first kappa shape index (κ1) is 20.2. The summed E-state index contributed by atoms with van der Waals surface area (Å²) in [6.07, 6.45) is 4.00. The lowest BCUT2D eigenvalue weighted by Crippen LogP contribution is -2.24. The third-order valence-corrected chi connectivity index (χ3v) is 5.18. The number of nitrogens with zero attached hydrogens (tertiary/aromatic N) is 1. The molecule has 1 aliphatic rings. The van der Waals surface area contributed by atoms with Crippen LogP contribution in [0.2, 0.25) is 10.0 Å². The van der Waals surface area contributed by atoms with Crippen LogP contribution in [0, 0.1) is 5.92 Å². The summed E-state index contributed by atoms with van der Waals surface area (Å²) in [4.78, 5) is 16.6. The zero-order valence-corrected chi connectivity index (χ0v) is 16.7. The van der Waals surface area contributed by atoms with Crippen LogP contribution in [0.15, 0.2) is 59.1 Å². The second kappa shape index (κ2) is 9.13. The number of aliphatic imine (C=N–C) groups is 1. The van der Waals surface area contributed by atoms with Crippen LogP contribution >= 0.6 is 23.2 Å². The molecule has 0 heterocycles. The Hall–Kier alpha value is -2.50. The predicted molar refractivity (Wildman–Crippen MR) is 114 cm³/mol.